The van der Waals surface area contributed by atoms with E-state index in [0.29, 0.717) is 6.54 Å². The zero-order chi connectivity index (χ0) is 13.7. The molecular weight excluding hydrogens is 248 g/mol. The largest absolute Gasteiger partial charge is 0.476 e. The summed E-state index contributed by atoms with van der Waals surface area (Å²) in [6.45, 7) is 3.91. The summed E-state index contributed by atoms with van der Waals surface area (Å²) in [5, 5.41) is 16.1. The number of rotatable bonds is 9. The SMILES string of the molecule is CN(CCOCC1CC1)CCn1cc(C(=O)O)nn1. The maximum Gasteiger partial charge on any atom is 0.358 e. The third-order valence-corrected chi connectivity index (χ3v) is 3.14. The summed E-state index contributed by atoms with van der Waals surface area (Å²) in [7, 11) is 2.01. The van der Waals surface area contributed by atoms with Crippen molar-refractivity contribution in [2.45, 2.75) is 19.4 Å². The Morgan fingerprint density at radius 1 is 1.58 bits per heavy atom. The van der Waals surface area contributed by atoms with Crippen molar-refractivity contribution in [3.63, 3.8) is 0 Å². The summed E-state index contributed by atoms with van der Waals surface area (Å²) in [4.78, 5) is 12.8. The normalized spacial score (nSPS) is 15.1. The standard InChI is InChI=1S/C12H20N4O3/c1-15(6-7-19-9-10-2-3-10)4-5-16-8-11(12(17)18)13-14-16/h8,10H,2-7,9H2,1H3,(H,17,18). The van der Waals surface area contributed by atoms with Gasteiger partial charge in [-0.2, -0.15) is 0 Å². The van der Waals surface area contributed by atoms with E-state index in [2.05, 4.69) is 15.2 Å². The van der Waals surface area contributed by atoms with E-state index < -0.39 is 5.97 Å². The van der Waals surface area contributed by atoms with E-state index in [1.807, 2.05) is 7.05 Å². The van der Waals surface area contributed by atoms with Crippen LogP contribution in [0.2, 0.25) is 0 Å². The lowest BCUT2D eigenvalue weighted by molar-refractivity contribution is 0.0690. The number of hydrogen-bond donors (Lipinski definition) is 1. The molecule has 0 aromatic carbocycles. The predicted octanol–water partition coefficient (Wildman–Crippen LogP) is 0.335. The van der Waals surface area contributed by atoms with Crippen LogP contribution in [0.1, 0.15) is 23.3 Å². The van der Waals surface area contributed by atoms with Gasteiger partial charge in [0.15, 0.2) is 5.69 Å². The van der Waals surface area contributed by atoms with E-state index in [1.54, 1.807) is 4.68 Å². The molecule has 1 fully saturated rings. The molecule has 0 bridgehead atoms. The van der Waals surface area contributed by atoms with E-state index in [-0.39, 0.29) is 5.69 Å². The van der Waals surface area contributed by atoms with E-state index in [4.69, 9.17) is 9.84 Å². The molecule has 7 nitrogen and oxygen atoms in total. The van der Waals surface area contributed by atoms with Crippen molar-refractivity contribution in [2.75, 3.05) is 33.4 Å². The number of carboxylic acid groups (broad SMARTS) is 1. The van der Waals surface area contributed by atoms with E-state index >= 15 is 0 Å². The lowest BCUT2D eigenvalue weighted by Gasteiger charge is -2.16. The van der Waals surface area contributed by atoms with Crippen molar-refractivity contribution in [3.8, 4) is 0 Å². The molecule has 106 valence electrons. The fourth-order valence-corrected chi connectivity index (χ4v) is 1.65. The van der Waals surface area contributed by atoms with Crippen molar-refractivity contribution in [3.05, 3.63) is 11.9 Å². The van der Waals surface area contributed by atoms with Gasteiger partial charge >= 0.3 is 5.97 Å². The van der Waals surface area contributed by atoms with Gasteiger partial charge in [0.1, 0.15) is 0 Å². The fraction of sp³-hybridized carbons (Fsp3) is 0.750. The molecule has 1 N–H and O–H groups in total. The van der Waals surface area contributed by atoms with Crippen LogP contribution in [0.25, 0.3) is 0 Å². The van der Waals surface area contributed by atoms with Crippen LogP contribution in [-0.4, -0.2) is 64.3 Å². The Morgan fingerprint density at radius 2 is 2.37 bits per heavy atom. The molecule has 1 aromatic rings. The molecule has 0 radical (unpaired) electrons. The van der Waals surface area contributed by atoms with Crippen LogP contribution in [0.3, 0.4) is 0 Å². The highest BCUT2D eigenvalue weighted by atomic mass is 16.5. The molecule has 1 aromatic heterocycles. The number of carboxylic acids is 1. The molecule has 7 heteroatoms. The number of aromatic nitrogens is 3. The predicted molar refractivity (Wildman–Crippen MR) is 68.0 cm³/mol. The van der Waals surface area contributed by atoms with Gasteiger partial charge in [-0.3, -0.25) is 4.68 Å². The monoisotopic (exact) mass is 268 g/mol. The van der Waals surface area contributed by atoms with Crippen molar-refractivity contribution >= 4 is 5.97 Å². The van der Waals surface area contributed by atoms with Gasteiger partial charge in [-0.1, -0.05) is 5.21 Å². The minimum Gasteiger partial charge on any atom is -0.476 e. The summed E-state index contributed by atoms with van der Waals surface area (Å²) in [5.41, 5.74) is -0.0181. The first kappa shape index (κ1) is 14.0. The molecule has 0 spiro atoms. The van der Waals surface area contributed by atoms with Gasteiger partial charge in [-0.25, -0.2) is 4.79 Å². The Labute approximate surface area is 112 Å². The van der Waals surface area contributed by atoms with Crippen LogP contribution >= 0.6 is 0 Å². The molecule has 1 aliphatic carbocycles. The summed E-state index contributed by atoms with van der Waals surface area (Å²) >= 11 is 0. The van der Waals surface area contributed by atoms with Gasteiger partial charge in [0.25, 0.3) is 0 Å². The molecule has 0 atom stereocenters. The van der Waals surface area contributed by atoms with Gasteiger partial charge < -0.3 is 14.7 Å². The van der Waals surface area contributed by atoms with Crippen molar-refractivity contribution in [2.24, 2.45) is 5.92 Å². The first-order chi connectivity index (χ1) is 9.15. The smallest absolute Gasteiger partial charge is 0.358 e. The minimum atomic E-state index is -1.05. The molecule has 1 saturated carbocycles. The number of hydrogen-bond acceptors (Lipinski definition) is 5. The quantitative estimate of drug-likeness (QED) is 0.650. The van der Waals surface area contributed by atoms with Gasteiger partial charge in [0.2, 0.25) is 0 Å². The second-order valence-electron chi connectivity index (χ2n) is 4.99. The lowest BCUT2D eigenvalue weighted by atomic mass is 10.4. The number of ether oxygens (including phenoxy) is 1. The first-order valence-corrected chi connectivity index (χ1v) is 6.55. The van der Waals surface area contributed by atoms with Crippen LogP contribution in [-0.2, 0) is 11.3 Å². The highest BCUT2D eigenvalue weighted by molar-refractivity contribution is 5.84. The van der Waals surface area contributed by atoms with Crippen molar-refractivity contribution < 1.29 is 14.6 Å². The highest BCUT2D eigenvalue weighted by Crippen LogP contribution is 2.28. The summed E-state index contributed by atoms with van der Waals surface area (Å²) in [5.74, 6) is -0.247. The van der Waals surface area contributed by atoms with Crippen LogP contribution in [0.4, 0.5) is 0 Å². The first-order valence-electron chi connectivity index (χ1n) is 6.55. The summed E-state index contributed by atoms with van der Waals surface area (Å²) in [6, 6.07) is 0. The van der Waals surface area contributed by atoms with E-state index in [0.717, 1.165) is 32.2 Å². The molecule has 0 unspecified atom stereocenters. The Balaban J connectivity index is 1.58. The van der Waals surface area contributed by atoms with E-state index in [1.165, 1.54) is 19.0 Å². The Hall–Kier alpha value is -1.47. The zero-order valence-electron chi connectivity index (χ0n) is 11.2. The Kier molecular flexibility index (Phi) is 4.86. The molecule has 0 aliphatic heterocycles. The number of carbonyl (C=O) groups is 1. The van der Waals surface area contributed by atoms with E-state index in [9.17, 15) is 4.79 Å². The van der Waals surface area contributed by atoms with Crippen molar-refractivity contribution in [1.82, 2.24) is 19.9 Å². The zero-order valence-corrected chi connectivity index (χ0v) is 11.2. The Morgan fingerprint density at radius 3 is 3.00 bits per heavy atom. The average Bonchev–Trinajstić information content (AvgIpc) is 3.07. The molecule has 0 saturated heterocycles. The third kappa shape index (κ3) is 4.96. The molecule has 19 heavy (non-hydrogen) atoms. The van der Waals surface area contributed by atoms with Crippen LogP contribution in [0, 0.1) is 5.92 Å². The fourth-order valence-electron chi connectivity index (χ4n) is 1.65. The van der Waals surface area contributed by atoms with Crippen LogP contribution in [0.15, 0.2) is 6.20 Å². The number of likely N-dealkylation sites (N-methyl/N-ethyl adjacent to an activating group) is 1. The Bertz CT molecular complexity index is 417. The molecular formula is C12H20N4O3. The summed E-state index contributed by atoms with van der Waals surface area (Å²) in [6.07, 6.45) is 4.07. The van der Waals surface area contributed by atoms with Gasteiger partial charge in [-0.05, 0) is 25.8 Å². The summed E-state index contributed by atoms with van der Waals surface area (Å²) < 4.78 is 7.11. The molecule has 2 rings (SSSR count). The van der Waals surface area contributed by atoms with Gasteiger partial charge in [0, 0.05) is 19.7 Å². The van der Waals surface area contributed by atoms with Gasteiger partial charge in [-0.15, -0.1) is 5.10 Å². The molecule has 1 aliphatic rings. The number of aromatic carboxylic acids is 1. The maximum absolute atomic E-state index is 10.6. The second-order valence-corrected chi connectivity index (χ2v) is 4.99. The van der Waals surface area contributed by atoms with Gasteiger partial charge in [0.05, 0.1) is 19.3 Å². The van der Waals surface area contributed by atoms with Crippen LogP contribution in [0.5, 0.6) is 0 Å². The van der Waals surface area contributed by atoms with Crippen LogP contribution < -0.4 is 0 Å². The minimum absolute atomic E-state index is 0.0181. The second kappa shape index (κ2) is 6.63. The third-order valence-electron chi connectivity index (χ3n) is 3.14. The highest BCUT2D eigenvalue weighted by Gasteiger charge is 2.20. The molecule has 0 amide bonds. The number of nitrogens with zero attached hydrogens (tertiary/aromatic N) is 4. The lowest BCUT2D eigenvalue weighted by Crippen LogP contribution is -2.27. The van der Waals surface area contributed by atoms with Crippen molar-refractivity contribution in [1.29, 1.82) is 0 Å². The maximum atomic E-state index is 10.6. The molecule has 1 heterocycles. The topological polar surface area (TPSA) is 80.5 Å². The average molecular weight is 268 g/mol.